The fourth-order valence-corrected chi connectivity index (χ4v) is 3.19. The van der Waals surface area contributed by atoms with Gasteiger partial charge in [0.1, 0.15) is 23.9 Å². The molecule has 1 aromatic heterocycles. The quantitative estimate of drug-likeness (QED) is 0.600. The largest absolute Gasteiger partial charge is 0.482 e. The zero-order valence-electron chi connectivity index (χ0n) is 14.5. The highest BCUT2D eigenvalue weighted by atomic mass is 35.5. The Morgan fingerprint density at radius 3 is 2.52 bits per heavy atom. The van der Waals surface area contributed by atoms with E-state index in [0.717, 1.165) is 11.1 Å². The van der Waals surface area contributed by atoms with Crippen LogP contribution >= 0.6 is 23.2 Å². The molecule has 0 bridgehead atoms. The lowest BCUT2D eigenvalue weighted by molar-refractivity contribution is -0.118. The third-order valence-corrected chi connectivity index (χ3v) is 4.31. The second kappa shape index (κ2) is 8.48. The first-order valence-electron chi connectivity index (χ1n) is 8.14. The van der Waals surface area contributed by atoms with Crippen LogP contribution in [0.1, 0.15) is 11.3 Å². The van der Waals surface area contributed by atoms with Crippen LogP contribution in [0, 0.1) is 6.92 Å². The molecule has 0 aliphatic rings. The number of carbonyl (C=O) groups excluding carboxylic acids is 1. The third kappa shape index (κ3) is 4.83. The van der Waals surface area contributed by atoms with E-state index in [9.17, 15) is 4.79 Å². The minimum Gasteiger partial charge on any atom is -0.482 e. The summed E-state index contributed by atoms with van der Waals surface area (Å²) < 4.78 is 11.0. The number of benzene rings is 2. The van der Waals surface area contributed by atoms with Crippen LogP contribution in [0.25, 0.3) is 11.3 Å². The van der Waals surface area contributed by atoms with E-state index in [4.69, 9.17) is 37.5 Å². The maximum Gasteiger partial charge on any atom is 0.262 e. The van der Waals surface area contributed by atoms with Crippen molar-refractivity contribution in [3.8, 4) is 17.1 Å². The maximum absolute atomic E-state index is 12.1. The predicted octanol–water partition coefficient (Wildman–Crippen LogP) is 5.07. The Morgan fingerprint density at radius 2 is 1.89 bits per heavy atom. The van der Waals surface area contributed by atoms with Crippen molar-refractivity contribution in [3.63, 3.8) is 0 Å². The fraction of sp³-hybridized carbons (Fsp3) is 0.150. The van der Waals surface area contributed by atoms with Crippen molar-refractivity contribution in [2.45, 2.75) is 13.5 Å². The number of carbonyl (C=O) groups is 1. The van der Waals surface area contributed by atoms with E-state index < -0.39 is 0 Å². The normalized spacial score (nSPS) is 10.7. The smallest absolute Gasteiger partial charge is 0.262 e. The molecule has 5 nitrogen and oxygen atoms in total. The van der Waals surface area contributed by atoms with Crippen LogP contribution in [0.4, 0.5) is 5.69 Å². The number of ether oxygens (including phenoxy) is 1. The van der Waals surface area contributed by atoms with Crippen molar-refractivity contribution in [2.75, 3.05) is 11.9 Å². The van der Waals surface area contributed by atoms with Crippen molar-refractivity contribution < 1.29 is 19.1 Å². The van der Waals surface area contributed by atoms with Crippen molar-refractivity contribution in [1.29, 1.82) is 0 Å². The number of rotatable bonds is 6. The van der Waals surface area contributed by atoms with Gasteiger partial charge in [0.25, 0.3) is 5.91 Å². The number of halogens is 2. The van der Waals surface area contributed by atoms with E-state index in [-0.39, 0.29) is 19.1 Å². The van der Waals surface area contributed by atoms with Crippen molar-refractivity contribution >= 4 is 34.8 Å². The average molecular weight is 406 g/mol. The number of hydrogen-bond acceptors (Lipinski definition) is 4. The summed E-state index contributed by atoms with van der Waals surface area (Å²) in [6.07, 6.45) is 0. The molecule has 3 aromatic rings. The van der Waals surface area contributed by atoms with Gasteiger partial charge in [-0.3, -0.25) is 4.79 Å². The zero-order valence-corrected chi connectivity index (χ0v) is 16.0. The number of nitrogens with one attached hydrogen (secondary N) is 1. The molecule has 0 radical (unpaired) electrons. The van der Waals surface area contributed by atoms with Gasteiger partial charge in [0.2, 0.25) is 0 Å². The summed E-state index contributed by atoms with van der Waals surface area (Å²) in [7, 11) is 0. The SMILES string of the molecule is Cc1cc(Cl)cc(Cl)c1OCC(=O)Nc1ccc(-c2ccc(CO)o2)cc1. The lowest BCUT2D eigenvalue weighted by Crippen LogP contribution is -2.20. The molecule has 2 aromatic carbocycles. The maximum atomic E-state index is 12.1. The number of aliphatic hydroxyl groups is 1. The van der Waals surface area contributed by atoms with E-state index in [2.05, 4.69) is 5.32 Å². The summed E-state index contributed by atoms with van der Waals surface area (Å²) in [6.45, 7) is 1.48. The van der Waals surface area contributed by atoms with E-state index in [0.29, 0.717) is 33.0 Å². The Labute approximate surface area is 166 Å². The van der Waals surface area contributed by atoms with Gasteiger partial charge in [0.05, 0.1) is 5.02 Å². The van der Waals surface area contributed by atoms with Gasteiger partial charge in [-0.25, -0.2) is 0 Å². The van der Waals surface area contributed by atoms with Gasteiger partial charge in [0.15, 0.2) is 6.61 Å². The van der Waals surface area contributed by atoms with E-state index in [1.807, 2.05) is 12.1 Å². The van der Waals surface area contributed by atoms with E-state index >= 15 is 0 Å². The monoisotopic (exact) mass is 405 g/mol. The first-order chi connectivity index (χ1) is 13.0. The molecule has 0 atom stereocenters. The highest BCUT2D eigenvalue weighted by molar-refractivity contribution is 6.35. The Bertz CT molecular complexity index is 928. The Kier molecular flexibility index (Phi) is 6.06. The molecule has 1 amide bonds. The molecule has 27 heavy (non-hydrogen) atoms. The Hall–Kier alpha value is -2.47. The predicted molar refractivity (Wildman–Crippen MR) is 105 cm³/mol. The number of furan rings is 1. The number of amides is 1. The van der Waals surface area contributed by atoms with Crippen LogP contribution < -0.4 is 10.1 Å². The second-order valence-electron chi connectivity index (χ2n) is 5.87. The van der Waals surface area contributed by atoms with Gasteiger partial charge in [0, 0.05) is 16.3 Å². The molecular formula is C20H17Cl2NO4. The third-order valence-electron chi connectivity index (χ3n) is 3.81. The number of aryl methyl sites for hydroxylation is 1. The summed E-state index contributed by atoms with van der Waals surface area (Å²) in [4.78, 5) is 12.1. The van der Waals surface area contributed by atoms with E-state index in [1.165, 1.54) is 0 Å². The first kappa shape index (κ1) is 19.3. The van der Waals surface area contributed by atoms with Crippen LogP contribution in [-0.2, 0) is 11.4 Å². The number of aliphatic hydroxyl groups excluding tert-OH is 1. The highest BCUT2D eigenvalue weighted by Crippen LogP contribution is 2.31. The van der Waals surface area contributed by atoms with Crippen LogP contribution in [0.3, 0.4) is 0 Å². The van der Waals surface area contributed by atoms with Gasteiger partial charge in [-0.2, -0.15) is 0 Å². The van der Waals surface area contributed by atoms with Crippen molar-refractivity contribution in [1.82, 2.24) is 0 Å². The molecule has 0 saturated heterocycles. The van der Waals surface area contributed by atoms with Crippen LogP contribution in [0.5, 0.6) is 5.75 Å². The van der Waals surface area contributed by atoms with Gasteiger partial charge < -0.3 is 19.6 Å². The summed E-state index contributed by atoms with van der Waals surface area (Å²) >= 11 is 12.0. The van der Waals surface area contributed by atoms with Gasteiger partial charge in [-0.05, 0) is 61.0 Å². The number of anilines is 1. The molecule has 0 aliphatic carbocycles. The Morgan fingerprint density at radius 1 is 1.15 bits per heavy atom. The van der Waals surface area contributed by atoms with Crippen LogP contribution in [0.2, 0.25) is 10.0 Å². The molecule has 0 saturated carbocycles. The fourth-order valence-electron chi connectivity index (χ4n) is 2.54. The minimum absolute atomic E-state index is 0.148. The Balaban J connectivity index is 1.60. The summed E-state index contributed by atoms with van der Waals surface area (Å²) in [5.41, 5.74) is 2.22. The van der Waals surface area contributed by atoms with Gasteiger partial charge in [-0.1, -0.05) is 23.2 Å². The number of hydrogen-bond donors (Lipinski definition) is 2. The summed E-state index contributed by atoms with van der Waals surface area (Å²) in [6, 6.07) is 13.9. The molecule has 3 rings (SSSR count). The molecule has 1 heterocycles. The minimum atomic E-state index is -0.311. The summed E-state index contributed by atoms with van der Waals surface area (Å²) in [5.74, 6) is 1.27. The first-order valence-corrected chi connectivity index (χ1v) is 8.90. The lowest BCUT2D eigenvalue weighted by atomic mass is 10.1. The molecule has 140 valence electrons. The van der Waals surface area contributed by atoms with Gasteiger partial charge in [-0.15, -0.1) is 0 Å². The lowest BCUT2D eigenvalue weighted by Gasteiger charge is -2.12. The molecule has 2 N–H and O–H groups in total. The highest BCUT2D eigenvalue weighted by Gasteiger charge is 2.11. The molecule has 0 unspecified atom stereocenters. The standard InChI is InChI=1S/C20H17Cl2NO4/c1-12-8-14(21)9-17(22)20(12)26-11-19(25)23-15-4-2-13(3-5-15)18-7-6-16(10-24)27-18/h2-9,24H,10-11H2,1H3,(H,23,25). The average Bonchev–Trinajstić information content (AvgIpc) is 3.10. The van der Waals surface area contributed by atoms with Crippen molar-refractivity contribution in [2.24, 2.45) is 0 Å². The molecular weight excluding hydrogens is 389 g/mol. The molecule has 0 spiro atoms. The van der Waals surface area contributed by atoms with Gasteiger partial charge >= 0.3 is 0 Å². The zero-order chi connectivity index (χ0) is 19.4. The summed E-state index contributed by atoms with van der Waals surface area (Å²) in [5, 5.41) is 12.7. The molecule has 7 heteroatoms. The van der Waals surface area contributed by atoms with Crippen LogP contribution in [-0.4, -0.2) is 17.6 Å². The van der Waals surface area contributed by atoms with Crippen molar-refractivity contribution in [3.05, 3.63) is 69.9 Å². The second-order valence-corrected chi connectivity index (χ2v) is 6.72. The molecule has 0 fully saturated rings. The molecule has 0 aliphatic heterocycles. The van der Waals surface area contributed by atoms with E-state index in [1.54, 1.807) is 43.3 Å². The topological polar surface area (TPSA) is 71.7 Å². The van der Waals surface area contributed by atoms with Crippen LogP contribution in [0.15, 0.2) is 52.9 Å².